The zero-order valence-electron chi connectivity index (χ0n) is 27.5. The van der Waals surface area contributed by atoms with Crippen molar-refractivity contribution in [2.75, 3.05) is 6.61 Å². The number of hydrogen-bond acceptors (Lipinski definition) is 5. The molecule has 6 heteroatoms. The third-order valence-electron chi connectivity index (χ3n) is 7.97. The molecule has 0 fully saturated rings. The van der Waals surface area contributed by atoms with Gasteiger partial charge in [0.25, 0.3) is 0 Å². The topological polar surface area (TPSA) is 61.8 Å². The molecule has 0 heterocycles. The van der Waals surface area contributed by atoms with Crippen molar-refractivity contribution >= 4 is 11.9 Å². The van der Waals surface area contributed by atoms with Crippen LogP contribution in [0.1, 0.15) is 131 Å². The summed E-state index contributed by atoms with van der Waals surface area (Å²) < 4.78 is 31.4. The molecule has 1 atom stereocenters. The van der Waals surface area contributed by atoms with Gasteiger partial charge in [0.15, 0.2) is 11.6 Å². The maximum Gasteiger partial charge on any atom is 0.343 e. The van der Waals surface area contributed by atoms with Gasteiger partial charge in [-0.25, -0.2) is 14.0 Å². The highest BCUT2D eigenvalue weighted by Crippen LogP contribution is 2.25. The highest BCUT2D eigenvalue weighted by Gasteiger charge is 2.17. The fraction of sp³-hybridized carbons (Fsp3) is 0.487. The predicted octanol–water partition coefficient (Wildman–Crippen LogP) is 11.1. The molecular weight excluding hydrogens is 567 g/mol. The molecule has 3 aromatic rings. The van der Waals surface area contributed by atoms with Crippen molar-refractivity contribution in [3.63, 3.8) is 0 Å². The molecule has 45 heavy (non-hydrogen) atoms. The minimum absolute atomic E-state index is 0.0805. The second kappa shape index (κ2) is 20.4. The maximum atomic E-state index is 14.7. The van der Waals surface area contributed by atoms with Gasteiger partial charge >= 0.3 is 11.9 Å². The molecule has 0 amide bonds. The van der Waals surface area contributed by atoms with Crippen LogP contribution in [0.5, 0.6) is 11.5 Å². The predicted molar refractivity (Wildman–Crippen MR) is 180 cm³/mol. The Morgan fingerprint density at radius 2 is 1.18 bits per heavy atom. The van der Waals surface area contributed by atoms with Crippen LogP contribution in [0.25, 0.3) is 11.1 Å². The van der Waals surface area contributed by atoms with Crippen LogP contribution in [-0.4, -0.2) is 24.6 Å². The Labute approximate surface area is 269 Å². The van der Waals surface area contributed by atoms with Crippen LogP contribution in [0, 0.1) is 5.82 Å². The molecule has 0 aromatic heterocycles. The van der Waals surface area contributed by atoms with Crippen LogP contribution < -0.4 is 9.47 Å². The summed E-state index contributed by atoms with van der Waals surface area (Å²) in [5, 5.41) is 0. The minimum atomic E-state index is -0.801. The molecule has 244 valence electrons. The van der Waals surface area contributed by atoms with Gasteiger partial charge in [0.2, 0.25) is 0 Å². The summed E-state index contributed by atoms with van der Waals surface area (Å²) >= 11 is 0. The number of carbonyl (C=O) groups excluding carboxylic acids is 2. The summed E-state index contributed by atoms with van der Waals surface area (Å²) in [6, 6.07) is 18.6. The van der Waals surface area contributed by atoms with Crippen molar-refractivity contribution in [2.45, 2.75) is 117 Å². The number of unbranched alkanes of at least 4 members (excludes halogenated alkanes) is 11. The van der Waals surface area contributed by atoms with Crippen molar-refractivity contribution in [1.82, 2.24) is 0 Å². The van der Waals surface area contributed by atoms with Gasteiger partial charge in [-0.3, -0.25) is 0 Å². The Bertz CT molecular complexity index is 1290. The Balaban J connectivity index is 1.42. The first-order chi connectivity index (χ1) is 21.9. The van der Waals surface area contributed by atoms with E-state index in [2.05, 4.69) is 13.8 Å². The first-order valence-corrected chi connectivity index (χ1v) is 17.0. The van der Waals surface area contributed by atoms with Crippen LogP contribution in [-0.2, 0) is 4.74 Å². The zero-order valence-corrected chi connectivity index (χ0v) is 27.5. The third kappa shape index (κ3) is 13.1. The van der Waals surface area contributed by atoms with Gasteiger partial charge in [0.1, 0.15) is 5.75 Å². The molecule has 0 aliphatic heterocycles. The Morgan fingerprint density at radius 3 is 1.78 bits per heavy atom. The summed E-state index contributed by atoms with van der Waals surface area (Å²) in [5.74, 6) is -1.48. The standard InChI is InChI=1S/C39H51FO5/c1-4-6-8-10-11-12-13-14-16-28-43-35-25-22-32(23-26-35)31-18-20-33(21-19-31)38(41)45-37-27-24-34(29-36(37)40)39(42)44-30(3)17-15-9-7-5-2/h18-27,29-30H,4-17,28H2,1-3H3/t30-/m0/s1. The normalized spacial score (nSPS) is 11.6. The molecule has 0 radical (unpaired) electrons. The first-order valence-electron chi connectivity index (χ1n) is 17.0. The largest absolute Gasteiger partial charge is 0.494 e. The van der Waals surface area contributed by atoms with E-state index in [1.807, 2.05) is 43.3 Å². The molecule has 0 spiro atoms. The van der Waals surface area contributed by atoms with Gasteiger partial charge in [0, 0.05) is 0 Å². The molecule has 0 bridgehead atoms. The van der Waals surface area contributed by atoms with Crippen LogP contribution >= 0.6 is 0 Å². The number of benzene rings is 3. The molecule has 0 aliphatic carbocycles. The van der Waals surface area contributed by atoms with E-state index in [0.717, 1.165) is 68.1 Å². The van der Waals surface area contributed by atoms with E-state index < -0.39 is 17.8 Å². The van der Waals surface area contributed by atoms with E-state index in [4.69, 9.17) is 14.2 Å². The maximum absolute atomic E-state index is 14.7. The number of halogens is 1. The van der Waals surface area contributed by atoms with Crippen molar-refractivity contribution in [3.8, 4) is 22.6 Å². The molecule has 0 unspecified atom stereocenters. The quantitative estimate of drug-likeness (QED) is 0.0675. The van der Waals surface area contributed by atoms with Gasteiger partial charge in [0.05, 0.1) is 23.8 Å². The molecule has 5 nitrogen and oxygen atoms in total. The number of esters is 2. The van der Waals surface area contributed by atoms with Crippen molar-refractivity contribution in [3.05, 3.63) is 83.7 Å². The zero-order chi connectivity index (χ0) is 32.3. The summed E-state index contributed by atoms with van der Waals surface area (Å²) in [6.45, 7) is 6.95. The average Bonchev–Trinajstić information content (AvgIpc) is 3.05. The first kappa shape index (κ1) is 35.8. The Kier molecular flexibility index (Phi) is 16.2. The molecule has 3 aromatic carbocycles. The van der Waals surface area contributed by atoms with E-state index >= 15 is 0 Å². The van der Waals surface area contributed by atoms with E-state index in [1.54, 1.807) is 12.1 Å². The van der Waals surface area contributed by atoms with Crippen molar-refractivity contribution in [2.24, 2.45) is 0 Å². The number of ether oxygens (including phenoxy) is 3. The van der Waals surface area contributed by atoms with E-state index in [-0.39, 0.29) is 17.4 Å². The van der Waals surface area contributed by atoms with Crippen molar-refractivity contribution in [1.29, 1.82) is 0 Å². The van der Waals surface area contributed by atoms with Gasteiger partial charge in [-0.1, -0.05) is 109 Å². The lowest BCUT2D eigenvalue weighted by molar-refractivity contribution is 0.0319. The molecule has 3 rings (SSSR count). The number of carbonyl (C=O) groups is 2. The molecule has 0 N–H and O–H groups in total. The average molecular weight is 619 g/mol. The van der Waals surface area contributed by atoms with E-state index in [9.17, 15) is 14.0 Å². The van der Waals surface area contributed by atoms with Crippen LogP contribution in [0.15, 0.2) is 66.7 Å². The van der Waals surface area contributed by atoms with Gasteiger partial charge in [-0.2, -0.15) is 0 Å². The third-order valence-corrected chi connectivity index (χ3v) is 7.97. The second-order valence-electron chi connectivity index (χ2n) is 11.9. The fourth-order valence-electron chi connectivity index (χ4n) is 5.18. The highest BCUT2D eigenvalue weighted by atomic mass is 19.1. The lowest BCUT2D eigenvalue weighted by Gasteiger charge is -2.13. The summed E-state index contributed by atoms with van der Waals surface area (Å²) in [6.07, 6.45) is 16.4. The fourth-order valence-corrected chi connectivity index (χ4v) is 5.18. The van der Waals surface area contributed by atoms with Crippen molar-refractivity contribution < 1.29 is 28.2 Å². The van der Waals surface area contributed by atoms with Gasteiger partial charge in [-0.15, -0.1) is 0 Å². The van der Waals surface area contributed by atoms with E-state index in [1.165, 1.54) is 63.5 Å². The van der Waals surface area contributed by atoms with E-state index in [0.29, 0.717) is 5.56 Å². The highest BCUT2D eigenvalue weighted by molar-refractivity contribution is 5.92. The van der Waals surface area contributed by atoms with Crippen LogP contribution in [0.4, 0.5) is 4.39 Å². The van der Waals surface area contributed by atoms with Gasteiger partial charge < -0.3 is 14.2 Å². The second-order valence-corrected chi connectivity index (χ2v) is 11.9. The summed E-state index contributed by atoms with van der Waals surface area (Å²) in [4.78, 5) is 25.1. The number of hydrogen-bond donors (Lipinski definition) is 0. The molecule has 0 saturated heterocycles. The SMILES string of the molecule is CCCCCCCCCCCOc1ccc(-c2ccc(C(=O)Oc3ccc(C(=O)O[C@@H](C)CCCCCC)cc3F)cc2)cc1. The molecule has 0 aliphatic rings. The van der Waals surface area contributed by atoms with Crippen LogP contribution in [0.3, 0.4) is 0 Å². The lowest BCUT2D eigenvalue weighted by Crippen LogP contribution is -2.15. The lowest BCUT2D eigenvalue weighted by atomic mass is 10.0. The number of rotatable bonds is 21. The summed E-state index contributed by atoms with van der Waals surface area (Å²) in [7, 11) is 0. The monoisotopic (exact) mass is 618 g/mol. The molecule has 0 saturated carbocycles. The Hall–Kier alpha value is -3.67. The Morgan fingerprint density at radius 1 is 0.644 bits per heavy atom. The molecular formula is C39H51FO5. The smallest absolute Gasteiger partial charge is 0.343 e. The van der Waals surface area contributed by atoms with Crippen LogP contribution in [0.2, 0.25) is 0 Å². The minimum Gasteiger partial charge on any atom is -0.494 e. The van der Waals surface area contributed by atoms with Gasteiger partial charge in [-0.05, 0) is 79.8 Å². The summed E-state index contributed by atoms with van der Waals surface area (Å²) in [5.41, 5.74) is 2.30.